The largest absolute Gasteiger partial charge is 0.480 e. The molecule has 0 amide bonds. The van der Waals surface area contributed by atoms with E-state index in [1.54, 1.807) is 0 Å². The summed E-state index contributed by atoms with van der Waals surface area (Å²) in [6.45, 7) is 2.22. The van der Waals surface area contributed by atoms with Crippen molar-refractivity contribution >= 4 is 11.9 Å². The Morgan fingerprint density at radius 3 is 2.00 bits per heavy atom. The number of hydrogen-bond acceptors (Lipinski definition) is 5. The van der Waals surface area contributed by atoms with Crippen molar-refractivity contribution in [2.24, 2.45) is 5.73 Å². The highest BCUT2D eigenvalue weighted by Gasteiger charge is 2.13. The number of aliphatic carboxylic acids is 2. The summed E-state index contributed by atoms with van der Waals surface area (Å²) < 4.78 is 0. The van der Waals surface area contributed by atoms with Crippen molar-refractivity contribution < 1.29 is 19.8 Å². The first-order chi connectivity index (χ1) is 8.95. The number of rotatable bonds is 12. The lowest BCUT2D eigenvalue weighted by molar-refractivity contribution is -0.141. The van der Waals surface area contributed by atoms with Crippen LogP contribution in [-0.4, -0.2) is 78.3 Å². The zero-order valence-corrected chi connectivity index (χ0v) is 11.5. The highest BCUT2D eigenvalue weighted by atomic mass is 16.4. The van der Waals surface area contributed by atoms with Crippen LogP contribution in [0.1, 0.15) is 19.3 Å². The summed E-state index contributed by atoms with van der Waals surface area (Å²) in [5.74, 6) is -2.02. The summed E-state index contributed by atoms with van der Waals surface area (Å²) in [5.41, 5.74) is 5.41. The van der Waals surface area contributed by atoms with Gasteiger partial charge >= 0.3 is 11.9 Å². The minimum atomic E-state index is -1.01. The van der Waals surface area contributed by atoms with Gasteiger partial charge in [-0.2, -0.15) is 0 Å². The fourth-order valence-corrected chi connectivity index (χ4v) is 1.72. The molecule has 0 fully saturated rings. The van der Waals surface area contributed by atoms with Crippen LogP contribution in [0.4, 0.5) is 0 Å². The lowest BCUT2D eigenvalue weighted by Gasteiger charge is -2.22. The summed E-state index contributed by atoms with van der Waals surface area (Å²) in [7, 11) is 1.95. The zero-order chi connectivity index (χ0) is 14.7. The van der Waals surface area contributed by atoms with Crippen LogP contribution in [0.2, 0.25) is 0 Å². The van der Waals surface area contributed by atoms with Gasteiger partial charge in [0.15, 0.2) is 0 Å². The van der Waals surface area contributed by atoms with Crippen LogP contribution in [-0.2, 0) is 9.59 Å². The minimum absolute atomic E-state index is 0.243. The van der Waals surface area contributed by atoms with Gasteiger partial charge < -0.3 is 20.8 Å². The van der Waals surface area contributed by atoms with E-state index in [0.29, 0.717) is 19.6 Å². The predicted octanol–water partition coefficient (Wildman–Crippen LogP) is -0.482. The van der Waals surface area contributed by atoms with E-state index in [0.717, 1.165) is 25.8 Å². The fourth-order valence-electron chi connectivity index (χ4n) is 1.72. The van der Waals surface area contributed by atoms with Gasteiger partial charge in [-0.25, -0.2) is 0 Å². The fraction of sp³-hybridized carbons (Fsp3) is 0.833. The number of carboxylic acid groups (broad SMARTS) is 2. The van der Waals surface area contributed by atoms with Crippen molar-refractivity contribution in [2.75, 3.05) is 46.3 Å². The van der Waals surface area contributed by atoms with Crippen molar-refractivity contribution in [3.05, 3.63) is 0 Å². The van der Waals surface area contributed by atoms with E-state index in [9.17, 15) is 9.59 Å². The van der Waals surface area contributed by atoms with E-state index >= 15 is 0 Å². The molecule has 0 saturated carbocycles. The Morgan fingerprint density at radius 2 is 1.53 bits per heavy atom. The number of carboxylic acids is 2. The number of likely N-dealkylation sites (N-methyl/N-ethyl adjacent to an activating group) is 1. The van der Waals surface area contributed by atoms with Crippen LogP contribution in [0.5, 0.6) is 0 Å². The van der Waals surface area contributed by atoms with Gasteiger partial charge in [0.25, 0.3) is 0 Å². The van der Waals surface area contributed by atoms with Gasteiger partial charge in [0.2, 0.25) is 0 Å². The monoisotopic (exact) mass is 275 g/mol. The first-order valence-corrected chi connectivity index (χ1v) is 6.50. The summed E-state index contributed by atoms with van der Waals surface area (Å²) in [4.78, 5) is 24.7. The Kier molecular flexibility index (Phi) is 10.1. The first kappa shape index (κ1) is 17.8. The molecular weight excluding hydrogens is 250 g/mol. The lowest BCUT2D eigenvalue weighted by Crippen LogP contribution is -2.39. The Labute approximate surface area is 114 Å². The molecule has 7 nitrogen and oxygen atoms in total. The maximum Gasteiger partial charge on any atom is 0.317 e. The molecule has 0 aromatic heterocycles. The SMILES string of the molecule is CN(CCCCCN)CCN(CC(=O)O)CC(=O)O. The second-order valence-corrected chi connectivity index (χ2v) is 4.65. The highest BCUT2D eigenvalue weighted by Crippen LogP contribution is 1.97. The van der Waals surface area contributed by atoms with Crippen molar-refractivity contribution in [1.82, 2.24) is 9.80 Å². The molecule has 0 radical (unpaired) electrons. The Hall–Kier alpha value is -1.18. The standard InChI is InChI=1S/C12H25N3O4/c1-14(6-4-2-3-5-13)7-8-15(9-11(16)17)10-12(18)19/h2-10,13H2,1H3,(H,16,17)(H,18,19). The Bertz CT molecular complexity index is 258. The molecule has 0 aliphatic heterocycles. The summed E-state index contributed by atoms with van der Waals surface area (Å²) in [6.07, 6.45) is 3.14. The number of carbonyl (C=O) groups is 2. The number of unbranched alkanes of at least 4 members (excludes halogenated alkanes) is 2. The topological polar surface area (TPSA) is 107 Å². The van der Waals surface area contributed by atoms with Crippen LogP contribution < -0.4 is 5.73 Å². The van der Waals surface area contributed by atoms with Gasteiger partial charge in [0, 0.05) is 13.1 Å². The van der Waals surface area contributed by atoms with E-state index in [-0.39, 0.29) is 13.1 Å². The van der Waals surface area contributed by atoms with Crippen molar-refractivity contribution in [2.45, 2.75) is 19.3 Å². The lowest BCUT2D eigenvalue weighted by atomic mass is 10.2. The normalized spacial score (nSPS) is 11.2. The number of nitrogens with two attached hydrogens (primary N) is 1. The van der Waals surface area contributed by atoms with E-state index < -0.39 is 11.9 Å². The van der Waals surface area contributed by atoms with E-state index in [2.05, 4.69) is 4.90 Å². The molecule has 7 heteroatoms. The molecule has 4 N–H and O–H groups in total. The van der Waals surface area contributed by atoms with E-state index in [1.807, 2.05) is 7.05 Å². The average molecular weight is 275 g/mol. The van der Waals surface area contributed by atoms with Crippen molar-refractivity contribution in [3.8, 4) is 0 Å². The maximum absolute atomic E-state index is 10.6. The third-order valence-corrected chi connectivity index (χ3v) is 2.76. The molecule has 0 heterocycles. The Balaban J connectivity index is 3.88. The van der Waals surface area contributed by atoms with E-state index in [4.69, 9.17) is 15.9 Å². The molecule has 0 saturated heterocycles. The minimum Gasteiger partial charge on any atom is -0.480 e. The second kappa shape index (κ2) is 10.7. The van der Waals surface area contributed by atoms with Gasteiger partial charge in [-0.15, -0.1) is 0 Å². The van der Waals surface area contributed by atoms with Gasteiger partial charge in [-0.3, -0.25) is 14.5 Å². The molecule has 0 aromatic carbocycles. The molecule has 0 aromatic rings. The molecule has 0 bridgehead atoms. The van der Waals surface area contributed by atoms with Gasteiger partial charge in [0.1, 0.15) is 0 Å². The molecule has 0 aliphatic carbocycles. The van der Waals surface area contributed by atoms with Crippen molar-refractivity contribution in [3.63, 3.8) is 0 Å². The highest BCUT2D eigenvalue weighted by molar-refractivity contribution is 5.72. The molecule has 0 aliphatic rings. The molecule has 112 valence electrons. The average Bonchev–Trinajstić information content (AvgIpc) is 2.30. The zero-order valence-electron chi connectivity index (χ0n) is 11.5. The van der Waals surface area contributed by atoms with Crippen LogP contribution in [0.3, 0.4) is 0 Å². The first-order valence-electron chi connectivity index (χ1n) is 6.50. The van der Waals surface area contributed by atoms with Crippen molar-refractivity contribution in [1.29, 1.82) is 0 Å². The van der Waals surface area contributed by atoms with Crippen LogP contribution in [0, 0.1) is 0 Å². The van der Waals surface area contributed by atoms with Gasteiger partial charge in [-0.05, 0) is 33.0 Å². The van der Waals surface area contributed by atoms with Crippen LogP contribution in [0.15, 0.2) is 0 Å². The smallest absolute Gasteiger partial charge is 0.317 e. The Morgan fingerprint density at radius 1 is 0.947 bits per heavy atom. The number of hydrogen-bond donors (Lipinski definition) is 3. The van der Waals surface area contributed by atoms with Gasteiger partial charge in [0.05, 0.1) is 13.1 Å². The maximum atomic E-state index is 10.6. The van der Waals surface area contributed by atoms with Crippen LogP contribution in [0.25, 0.3) is 0 Å². The van der Waals surface area contributed by atoms with Crippen LogP contribution >= 0.6 is 0 Å². The third-order valence-electron chi connectivity index (χ3n) is 2.76. The molecular formula is C12H25N3O4. The quantitative estimate of drug-likeness (QED) is 0.413. The van der Waals surface area contributed by atoms with E-state index in [1.165, 1.54) is 4.90 Å². The van der Waals surface area contributed by atoms with Gasteiger partial charge in [-0.1, -0.05) is 6.42 Å². The third kappa shape index (κ3) is 11.6. The molecule has 19 heavy (non-hydrogen) atoms. The molecule has 0 unspecified atom stereocenters. The molecule has 0 spiro atoms. The number of nitrogens with zero attached hydrogens (tertiary/aromatic N) is 2. The summed E-state index contributed by atoms with van der Waals surface area (Å²) in [5, 5.41) is 17.4. The molecule has 0 rings (SSSR count). The second-order valence-electron chi connectivity index (χ2n) is 4.65. The summed E-state index contributed by atoms with van der Waals surface area (Å²) >= 11 is 0. The predicted molar refractivity (Wildman–Crippen MR) is 72.1 cm³/mol. The summed E-state index contributed by atoms with van der Waals surface area (Å²) in [6, 6.07) is 0. The molecule has 0 atom stereocenters.